The maximum atomic E-state index is 14.1. The number of ketones is 1. The Hall–Kier alpha value is -4.24. The molecule has 3 aromatic rings. The summed E-state index contributed by atoms with van der Waals surface area (Å²) < 4.78 is 24.8. The summed E-state index contributed by atoms with van der Waals surface area (Å²) in [6.45, 7) is 1.92. The van der Waals surface area contributed by atoms with E-state index in [9.17, 15) is 29.3 Å². The third-order valence-electron chi connectivity index (χ3n) is 5.66. The van der Waals surface area contributed by atoms with Crippen LogP contribution in [0.15, 0.2) is 60.2 Å². The lowest BCUT2D eigenvalue weighted by Gasteiger charge is -2.26. The fourth-order valence-corrected chi connectivity index (χ4v) is 4.23. The number of phenolic OH excluding ortho intramolecular Hbond substituents is 2. The molecular weight excluding hydrogens is 493 g/mol. The fraction of sp³-hybridized carbons (Fsp3) is 0.154. The predicted molar refractivity (Wildman–Crippen MR) is 130 cm³/mol. The molecule has 1 fully saturated rings. The van der Waals surface area contributed by atoms with E-state index in [2.05, 4.69) is 0 Å². The quantitative estimate of drug-likeness (QED) is 0.243. The van der Waals surface area contributed by atoms with Gasteiger partial charge in [-0.1, -0.05) is 17.7 Å². The number of rotatable bonds is 6. The lowest BCUT2D eigenvalue weighted by atomic mass is 9.94. The van der Waals surface area contributed by atoms with E-state index in [1.807, 2.05) is 0 Å². The van der Waals surface area contributed by atoms with Crippen molar-refractivity contribution >= 4 is 34.7 Å². The second-order valence-corrected chi connectivity index (χ2v) is 8.24. The number of amides is 1. The van der Waals surface area contributed by atoms with Crippen molar-refractivity contribution in [1.29, 1.82) is 0 Å². The van der Waals surface area contributed by atoms with E-state index in [0.717, 1.165) is 17.0 Å². The average molecular weight is 514 g/mol. The van der Waals surface area contributed by atoms with E-state index in [-0.39, 0.29) is 51.4 Å². The summed E-state index contributed by atoms with van der Waals surface area (Å²) in [6, 6.07) is 10.1. The van der Waals surface area contributed by atoms with E-state index in [1.54, 1.807) is 6.92 Å². The van der Waals surface area contributed by atoms with Crippen LogP contribution in [0.1, 0.15) is 24.1 Å². The second kappa shape index (κ2) is 9.79. The Balaban J connectivity index is 2.04. The molecule has 1 saturated heterocycles. The Morgan fingerprint density at radius 2 is 1.75 bits per heavy atom. The van der Waals surface area contributed by atoms with Gasteiger partial charge in [-0.25, -0.2) is 4.39 Å². The molecule has 8 nitrogen and oxygen atoms in total. The molecule has 3 N–H and O–H groups in total. The number of phenols is 2. The minimum Gasteiger partial charge on any atom is -0.507 e. The van der Waals surface area contributed by atoms with Crippen molar-refractivity contribution in [1.82, 2.24) is 0 Å². The highest BCUT2D eigenvalue weighted by molar-refractivity contribution is 6.52. The number of aliphatic hydroxyl groups excluding tert-OH is 1. The van der Waals surface area contributed by atoms with E-state index in [0.29, 0.717) is 0 Å². The largest absolute Gasteiger partial charge is 0.507 e. The standard InChI is InChI=1S/C26H21ClFNO7/c1-3-36-21-10-13(4-7-19(21)31)23-22(24(32)16-12-15(28)6-9-20(16)35-2)25(33)26(34)29(23)17-11-14(27)5-8-18(17)30/h4-12,23,30-32H,3H2,1-2H3/b24-22+. The third kappa shape index (κ3) is 4.29. The molecule has 3 aromatic carbocycles. The molecule has 186 valence electrons. The van der Waals surface area contributed by atoms with Crippen LogP contribution < -0.4 is 14.4 Å². The van der Waals surface area contributed by atoms with Crippen molar-refractivity contribution in [2.45, 2.75) is 13.0 Å². The number of aliphatic hydroxyl groups is 1. The summed E-state index contributed by atoms with van der Waals surface area (Å²) in [5.74, 6) is -3.96. The molecule has 0 aliphatic carbocycles. The van der Waals surface area contributed by atoms with Gasteiger partial charge in [0.15, 0.2) is 11.5 Å². The summed E-state index contributed by atoms with van der Waals surface area (Å²) in [5.41, 5.74) is -0.381. The van der Waals surface area contributed by atoms with Gasteiger partial charge in [0, 0.05) is 5.02 Å². The van der Waals surface area contributed by atoms with Gasteiger partial charge in [-0.2, -0.15) is 0 Å². The summed E-state index contributed by atoms with van der Waals surface area (Å²) >= 11 is 6.11. The maximum absolute atomic E-state index is 14.1. The molecule has 4 rings (SSSR count). The van der Waals surface area contributed by atoms with Crippen LogP contribution in [0.2, 0.25) is 5.02 Å². The number of nitrogens with zero attached hydrogens (tertiary/aromatic N) is 1. The van der Waals surface area contributed by atoms with Crippen LogP contribution in [0.5, 0.6) is 23.0 Å². The van der Waals surface area contributed by atoms with Gasteiger partial charge >= 0.3 is 0 Å². The number of carbonyl (C=O) groups is 2. The number of anilines is 1. The SMILES string of the molecule is CCOc1cc(C2/C(=C(\O)c3cc(F)ccc3OC)C(=O)C(=O)N2c2cc(Cl)ccc2O)ccc1O. The first kappa shape index (κ1) is 24.9. The lowest BCUT2D eigenvalue weighted by molar-refractivity contribution is -0.132. The zero-order valence-electron chi connectivity index (χ0n) is 19.2. The number of carbonyl (C=O) groups excluding carboxylic acids is 2. The Morgan fingerprint density at radius 3 is 2.44 bits per heavy atom. The van der Waals surface area contributed by atoms with E-state index < -0.39 is 34.9 Å². The smallest absolute Gasteiger partial charge is 0.300 e. The van der Waals surface area contributed by atoms with Crippen LogP contribution in [0, 0.1) is 5.82 Å². The molecule has 10 heteroatoms. The van der Waals surface area contributed by atoms with Crippen molar-refractivity contribution in [3.05, 3.63) is 82.1 Å². The van der Waals surface area contributed by atoms with E-state index in [1.165, 1.54) is 49.6 Å². The van der Waals surface area contributed by atoms with Crippen LogP contribution in [-0.4, -0.2) is 40.7 Å². The molecule has 1 aliphatic heterocycles. The minimum absolute atomic E-state index is 0.0603. The van der Waals surface area contributed by atoms with E-state index in [4.69, 9.17) is 21.1 Å². The zero-order valence-corrected chi connectivity index (χ0v) is 19.9. The highest BCUT2D eigenvalue weighted by Crippen LogP contribution is 2.47. The molecule has 1 heterocycles. The molecule has 0 aromatic heterocycles. The number of benzene rings is 3. The molecule has 0 bridgehead atoms. The molecule has 1 unspecified atom stereocenters. The van der Waals surface area contributed by atoms with Gasteiger partial charge in [-0.3, -0.25) is 14.5 Å². The van der Waals surface area contributed by atoms with Crippen molar-refractivity contribution in [2.24, 2.45) is 0 Å². The molecule has 36 heavy (non-hydrogen) atoms. The average Bonchev–Trinajstić information content (AvgIpc) is 3.12. The number of hydrogen-bond acceptors (Lipinski definition) is 7. The zero-order chi connectivity index (χ0) is 26.1. The molecule has 0 spiro atoms. The minimum atomic E-state index is -1.30. The first-order valence-electron chi connectivity index (χ1n) is 10.8. The monoisotopic (exact) mass is 513 g/mol. The summed E-state index contributed by atoms with van der Waals surface area (Å²) in [5, 5.41) is 32.1. The molecule has 0 radical (unpaired) electrons. The summed E-state index contributed by atoms with van der Waals surface area (Å²) in [4.78, 5) is 27.6. The van der Waals surface area contributed by atoms with Gasteiger partial charge in [-0.15, -0.1) is 0 Å². The molecule has 1 aliphatic rings. The first-order valence-corrected chi connectivity index (χ1v) is 11.1. The Morgan fingerprint density at radius 1 is 1.03 bits per heavy atom. The van der Waals surface area contributed by atoms with Gasteiger partial charge in [0.1, 0.15) is 23.1 Å². The van der Waals surface area contributed by atoms with Crippen LogP contribution in [0.25, 0.3) is 5.76 Å². The predicted octanol–water partition coefficient (Wildman–Crippen LogP) is 4.92. The highest BCUT2D eigenvalue weighted by atomic mass is 35.5. The van der Waals surface area contributed by atoms with Crippen LogP contribution >= 0.6 is 11.6 Å². The van der Waals surface area contributed by atoms with Gasteiger partial charge < -0.3 is 24.8 Å². The third-order valence-corrected chi connectivity index (χ3v) is 5.89. The molecule has 1 atom stereocenters. The van der Waals surface area contributed by atoms with Crippen molar-refractivity contribution in [3.63, 3.8) is 0 Å². The normalized spacial score (nSPS) is 16.9. The number of hydrogen-bond donors (Lipinski definition) is 3. The van der Waals surface area contributed by atoms with E-state index >= 15 is 0 Å². The van der Waals surface area contributed by atoms with Gasteiger partial charge in [0.25, 0.3) is 11.7 Å². The van der Waals surface area contributed by atoms with Crippen LogP contribution in [-0.2, 0) is 9.59 Å². The molecule has 1 amide bonds. The Kier molecular flexibility index (Phi) is 6.76. The topological polar surface area (TPSA) is 117 Å². The maximum Gasteiger partial charge on any atom is 0.300 e. The Labute approximate surface area is 210 Å². The van der Waals surface area contributed by atoms with Crippen molar-refractivity contribution < 1.29 is 38.8 Å². The lowest BCUT2D eigenvalue weighted by Crippen LogP contribution is -2.29. The fourth-order valence-electron chi connectivity index (χ4n) is 4.07. The molecular formula is C26H21ClFNO7. The number of halogens is 2. The van der Waals surface area contributed by atoms with Gasteiger partial charge in [0.2, 0.25) is 0 Å². The van der Waals surface area contributed by atoms with Crippen LogP contribution in [0.4, 0.5) is 10.1 Å². The number of aromatic hydroxyl groups is 2. The summed E-state index contributed by atoms with van der Waals surface area (Å²) in [7, 11) is 1.30. The van der Waals surface area contributed by atoms with Crippen molar-refractivity contribution in [3.8, 4) is 23.0 Å². The van der Waals surface area contributed by atoms with Gasteiger partial charge in [0.05, 0.1) is 36.6 Å². The number of Topliss-reactive ketones (excluding diaryl/α,β-unsaturated/α-hetero) is 1. The number of ether oxygens (including phenoxy) is 2. The second-order valence-electron chi connectivity index (χ2n) is 7.81. The summed E-state index contributed by atoms with van der Waals surface area (Å²) in [6.07, 6.45) is 0. The molecule has 0 saturated carbocycles. The Bertz CT molecular complexity index is 1410. The number of methoxy groups -OCH3 is 1. The van der Waals surface area contributed by atoms with Crippen molar-refractivity contribution in [2.75, 3.05) is 18.6 Å². The first-order chi connectivity index (χ1) is 17.2. The van der Waals surface area contributed by atoms with Gasteiger partial charge in [-0.05, 0) is 61.0 Å². The highest BCUT2D eigenvalue weighted by Gasteiger charge is 2.48. The van der Waals surface area contributed by atoms with Crippen LogP contribution in [0.3, 0.4) is 0 Å².